The van der Waals surface area contributed by atoms with Crippen LogP contribution in [-0.4, -0.2) is 23.7 Å². The van der Waals surface area contributed by atoms with Crippen LogP contribution >= 0.6 is 0 Å². The smallest absolute Gasteiger partial charge is 0.407 e. The van der Waals surface area contributed by atoms with E-state index < -0.39 is 0 Å². The SMILES string of the molecule is C[C@@H]1CC[C@@H](C(C)(C)c2ccc(Oc3ccccc3)cc2)[C@H](OC(=O)NCCc2c[nH]c3ccccc23)C1. The number of amides is 1. The van der Waals surface area contributed by atoms with Gasteiger partial charge in [-0.1, -0.05) is 75.7 Å². The second kappa shape index (κ2) is 11.3. The molecule has 0 saturated heterocycles. The largest absolute Gasteiger partial charge is 0.457 e. The van der Waals surface area contributed by atoms with Gasteiger partial charge in [-0.05, 0) is 72.1 Å². The van der Waals surface area contributed by atoms with Crippen molar-refractivity contribution in [2.75, 3.05) is 6.54 Å². The number of alkyl carbamates (subject to hydrolysis) is 1. The van der Waals surface area contributed by atoms with Gasteiger partial charge in [-0.15, -0.1) is 0 Å². The highest BCUT2D eigenvalue weighted by atomic mass is 16.6. The van der Waals surface area contributed by atoms with Gasteiger partial charge in [0.1, 0.15) is 17.6 Å². The van der Waals surface area contributed by atoms with E-state index in [-0.39, 0.29) is 23.5 Å². The van der Waals surface area contributed by atoms with E-state index >= 15 is 0 Å². The van der Waals surface area contributed by atoms with E-state index in [2.05, 4.69) is 55.3 Å². The summed E-state index contributed by atoms with van der Waals surface area (Å²) in [5.74, 6) is 2.41. The lowest BCUT2D eigenvalue weighted by atomic mass is 9.64. The fourth-order valence-electron chi connectivity index (χ4n) is 5.89. The molecule has 38 heavy (non-hydrogen) atoms. The van der Waals surface area contributed by atoms with E-state index in [0.717, 1.165) is 42.7 Å². The molecule has 0 aliphatic heterocycles. The molecule has 1 saturated carbocycles. The summed E-state index contributed by atoms with van der Waals surface area (Å²) in [4.78, 5) is 16.2. The molecule has 198 valence electrons. The fraction of sp³-hybridized carbons (Fsp3) is 0.364. The maximum absolute atomic E-state index is 12.9. The molecule has 4 aromatic rings. The van der Waals surface area contributed by atoms with Crippen LogP contribution in [0.5, 0.6) is 11.5 Å². The van der Waals surface area contributed by atoms with Gasteiger partial charge in [-0.3, -0.25) is 0 Å². The molecule has 5 heteroatoms. The summed E-state index contributed by atoms with van der Waals surface area (Å²) in [7, 11) is 0. The van der Waals surface area contributed by atoms with Crippen molar-refractivity contribution in [1.29, 1.82) is 0 Å². The lowest BCUT2D eigenvalue weighted by molar-refractivity contribution is -0.00308. The molecule has 5 rings (SSSR count). The lowest BCUT2D eigenvalue weighted by Crippen LogP contribution is -2.45. The fourth-order valence-corrected chi connectivity index (χ4v) is 5.89. The van der Waals surface area contributed by atoms with Crippen molar-refractivity contribution in [2.24, 2.45) is 11.8 Å². The molecule has 5 nitrogen and oxygen atoms in total. The van der Waals surface area contributed by atoms with Crippen LogP contribution in [0.25, 0.3) is 10.9 Å². The normalized spacial score (nSPS) is 19.7. The Bertz CT molecular complexity index is 1340. The number of ether oxygens (including phenoxy) is 2. The molecule has 1 heterocycles. The van der Waals surface area contributed by atoms with Crippen LogP contribution in [0.3, 0.4) is 0 Å². The van der Waals surface area contributed by atoms with Gasteiger partial charge in [0.15, 0.2) is 0 Å². The number of hydrogen-bond acceptors (Lipinski definition) is 3. The first-order valence-corrected chi connectivity index (χ1v) is 13.7. The van der Waals surface area contributed by atoms with E-state index in [1.165, 1.54) is 16.5 Å². The number of fused-ring (bicyclic) bond motifs is 1. The van der Waals surface area contributed by atoms with Crippen molar-refractivity contribution < 1.29 is 14.3 Å². The van der Waals surface area contributed by atoms with Gasteiger partial charge in [-0.25, -0.2) is 4.79 Å². The molecule has 0 spiro atoms. The Morgan fingerprint density at radius 1 is 0.947 bits per heavy atom. The lowest BCUT2D eigenvalue weighted by Gasteiger charge is -2.43. The molecule has 0 unspecified atom stereocenters. The van der Waals surface area contributed by atoms with Crippen molar-refractivity contribution in [2.45, 2.75) is 58.0 Å². The monoisotopic (exact) mass is 510 g/mol. The number of aromatic nitrogens is 1. The molecule has 1 fully saturated rings. The summed E-state index contributed by atoms with van der Waals surface area (Å²) >= 11 is 0. The summed E-state index contributed by atoms with van der Waals surface area (Å²) in [6, 6.07) is 26.4. The van der Waals surface area contributed by atoms with Gasteiger partial charge >= 0.3 is 6.09 Å². The van der Waals surface area contributed by atoms with Crippen molar-refractivity contribution in [3.05, 3.63) is 96.2 Å². The molecular formula is C33H38N2O3. The number of carbonyl (C=O) groups excluding carboxylic acids is 1. The predicted molar refractivity (Wildman–Crippen MR) is 153 cm³/mol. The molecule has 1 aliphatic carbocycles. The average molecular weight is 511 g/mol. The molecule has 0 bridgehead atoms. The van der Waals surface area contributed by atoms with Crippen LogP contribution in [-0.2, 0) is 16.6 Å². The molecule has 0 radical (unpaired) electrons. The first kappa shape index (κ1) is 25.9. The Balaban J connectivity index is 1.21. The van der Waals surface area contributed by atoms with Crippen molar-refractivity contribution in [1.82, 2.24) is 10.3 Å². The predicted octanol–water partition coefficient (Wildman–Crippen LogP) is 8.01. The van der Waals surface area contributed by atoms with Gasteiger partial charge in [0.05, 0.1) is 0 Å². The number of hydrogen-bond donors (Lipinski definition) is 2. The van der Waals surface area contributed by atoms with Crippen LogP contribution in [0.4, 0.5) is 4.79 Å². The number of para-hydroxylation sites is 2. The summed E-state index contributed by atoms with van der Waals surface area (Å²) < 4.78 is 12.1. The van der Waals surface area contributed by atoms with E-state index in [0.29, 0.717) is 12.5 Å². The van der Waals surface area contributed by atoms with Crippen LogP contribution in [0.2, 0.25) is 0 Å². The second-order valence-corrected chi connectivity index (χ2v) is 11.2. The summed E-state index contributed by atoms with van der Waals surface area (Å²) in [5.41, 5.74) is 3.39. The number of H-pyrrole nitrogens is 1. The number of nitrogens with one attached hydrogen (secondary N) is 2. The molecule has 2 N–H and O–H groups in total. The summed E-state index contributed by atoms with van der Waals surface area (Å²) in [5, 5.41) is 4.20. The quantitative estimate of drug-likeness (QED) is 0.252. The number of aromatic amines is 1. The molecule has 1 aliphatic rings. The zero-order valence-corrected chi connectivity index (χ0v) is 22.6. The molecule has 1 aromatic heterocycles. The highest BCUT2D eigenvalue weighted by molar-refractivity contribution is 5.83. The molecule has 1 amide bonds. The van der Waals surface area contributed by atoms with Crippen LogP contribution in [0, 0.1) is 11.8 Å². The zero-order valence-electron chi connectivity index (χ0n) is 22.6. The summed E-state index contributed by atoms with van der Waals surface area (Å²) in [6.07, 6.45) is 5.40. The van der Waals surface area contributed by atoms with E-state index in [1.807, 2.05) is 60.8 Å². The topological polar surface area (TPSA) is 63.4 Å². The standard InChI is InChI=1S/C33H38N2O3/c1-23-13-18-29(33(2,3)25-14-16-27(17-15-25)37-26-9-5-4-6-10-26)31(21-23)38-32(36)34-20-19-24-22-35-30-12-8-7-11-28(24)30/h4-12,14-17,22-23,29,31,35H,13,18-21H2,1-3H3,(H,34,36)/t23-,29-,31-/m1/s1. The van der Waals surface area contributed by atoms with E-state index in [1.54, 1.807) is 0 Å². The zero-order chi connectivity index (χ0) is 26.5. The Hall–Kier alpha value is -3.73. The van der Waals surface area contributed by atoms with Crippen molar-refractivity contribution in [3.63, 3.8) is 0 Å². The third kappa shape index (κ3) is 5.88. The first-order valence-electron chi connectivity index (χ1n) is 13.7. The average Bonchev–Trinajstić information content (AvgIpc) is 3.32. The second-order valence-electron chi connectivity index (χ2n) is 11.2. The van der Waals surface area contributed by atoms with Gasteiger partial charge in [0, 0.05) is 29.6 Å². The number of benzene rings is 3. The minimum absolute atomic E-state index is 0.123. The molecular weight excluding hydrogens is 472 g/mol. The minimum atomic E-state index is -0.323. The molecule has 3 atom stereocenters. The Labute approximate surface area is 225 Å². The number of carbonyl (C=O) groups is 1. The van der Waals surface area contributed by atoms with Gasteiger partial charge in [0.2, 0.25) is 0 Å². The molecule has 3 aromatic carbocycles. The van der Waals surface area contributed by atoms with E-state index in [9.17, 15) is 4.79 Å². The van der Waals surface area contributed by atoms with Crippen molar-refractivity contribution in [3.8, 4) is 11.5 Å². The van der Waals surface area contributed by atoms with Gasteiger partial charge < -0.3 is 19.8 Å². The van der Waals surface area contributed by atoms with Gasteiger partial charge in [-0.2, -0.15) is 0 Å². The Kier molecular flexibility index (Phi) is 7.73. The Morgan fingerprint density at radius 2 is 1.66 bits per heavy atom. The highest BCUT2D eigenvalue weighted by Crippen LogP contribution is 2.44. The van der Waals surface area contributed by atoms with Gasteiger partial charge in [0.25, 0.3) is 0 Å². The first-order chi connectivity index (χ1) is 18.4. The van der Waals surface area contributed by atoms with E-state index in [4.69, 9.17) is 9.47 Å². The maximum atomic E-state index is 12.9. The van der Waals surface area contributed by atoms with Crippen LogP contribution in [0.15, 0.2) is 85.1 Å². The third-order valence-corrected chi connectivity index (χ3v) is 8.16. The third-order valence-electron chi connectivity index (χ3n) is 8.16. The summed E-state index contributed by atoms with van der Waals surface area (Å²) in [6.45, 7) is 7.34. The van der Waals surface area contributed by atoms with Crippen LogP contribution < -0.4 is 10.1 Å². The Morgan fingerprint density at radius 3 is 2.45 bits per heavy atom. The number of rotatable bonds is 8. The maximum Gasteiger partial charge on any atom is 0.407 e. The van der Waals surface area contributed by atoms with Crippen molar-refractivity contribution >= 4 is 17.0 Å². The van der Waals surface area contributed by atoms with Crippen LogP contribution in [0.1, 0.15) is 51.2 Å². The highest BCUT2D eigenvalue weighted by Gasteiger charge is 2.42. The minimum Gasteiger partial charge on any atom is -0.457 e.